The Morgan fingerprint density at radius 2 is 2.12 bits per heavy atom. The molecule has 4 nitrogen and oxygen atoms in total. The lowest BCUT2D eigenvalue weighted by Gasteiger charge is -2.08. The van der Waals surface area contributed by atoms with Crippen molar-refractivity contribution < 1.29 is 9.90 Å². The van der Waals surface area contributed by atoms with Crippen LogP contribution in [-0.2, 0) is 0 Å². The predicted octanol–water partition coefficient (Wildman–Crippen LogP) is 0.944. The number of halogens is 1. The summed E-state index contributed by atoms with van der Waals surface area (Å²) in [7, 11) is 0. The van der Waals surface area contributed by atoms with Gasteiger partial charge in [0.1, 0.15) is 5.75 Å². The number of rotatable bonds is 2. The van der Waals surface area contributed by atoms with Crippen LogP contribution >= 0.6 is 22.6 Å². The fraction of sp³-hybridized carbons (Fsp3) is 0.417. The molecule has 1 aromatic rings. The number of amides is 1. The number of carbonyl (C=O) groups excluding carboxylic acids is 1. The molecule has 1 aliphatic carbocycles. The predicted molar refractivity (Wildman–Crippen MR) is 71.9 cm³/mol. The summed E-state index contributed by atoms with van der Waals surface area (Å²) in [5.74, 6) is 1.29. The average Bonchev–Trinajstić information content (AvgIpc) is 2.76. The highest BCUT2D eigenvalue weighted by molar-refractivity contribution is 14.1. The van der Waals surface area contributed by atoms with Crippen molar-refractivity contribution in [3.05, 3.63) is 27.3 Å². The Morgan fingerprint density at radius 1 is 1.41 bits per heavy atom. The van der Waals surface area contributed by atoms with Crippen molar-refractivity contribution >= 4 is 28.5 Å². The minimum Gasteiger partial charge on any atom is -0.507 e. The molecule has 0 bridgehead atoms. The standard InChI is InChI=1S/C12H13IN2O2/c13-9-2-1-6(3-10(9)16)12(17)15-11-7-4-14-5-8(7)11/h1-3,7-8,11,14,16H,4-5H2,(H,15,17). The molecule has 1 aliphatic heterocycles. The van der Waals surface area contributed by atoms with Gasteiger partial charge in [0.25, 0.3) is 5.91 Å². The van der Waals surface area contributed by atoms with E-state index in [1.54, 1.807) is 12.1 Å². The van der Waals surface area contributed by atoms with Crippen LogP contribution in [0.4, 0.5) is 0 Å². The molecule has 3 N–H and O–H groups in total. The Morgan fingerprint density at radius 3 is 2.76 bits per heavy atom. The van der Waals surface area contributed by atoms with Gasteiger partial charge in [-0.1, -0.05) is 0 Å². The lowest BCUT2D eigenvalue weighted by molar-refractivity contribution is 0.0946. The highest BCUT2D eigenvalue weighted by atomic mass is 127. The van der Waals surface area contributed by atoms with E-state index in [-0.39, 0.29) is 11.7 Å². The van der Waals surface area contributed by atoms with E-state index in [2.05, 4.69) is 10.6 Å². The molecule has 1 amide bonds. The Kier molecular flexibility index (Phi) is 2.74. The van der Waals surface area contributed by atoms with Crippen molar-refractivity contribution in [3.63, 3.8) is 0 Å². The number of benzene rings is 1. The van der Waals surface area contributed by atoms with Crippen LogP contribution < -0.4 is 10.6 Å². The molecule has 0 aromatic heterocycles. The molecule has 5 heteroatoms. The second-order valence-electron chi connectivity index (χ2n) is 4.65. The van der Waals surface area contributed by atoms with Gasteiger partial charge in [0, 0.05) is 24.7 Å². The monoisotopic (exact) mass is 344 g/mol. The zero-order valence-corrected chi connectivity index (χ0v) is 11.3. The van der Waals surface area contributed by atoms with E-state index in [0.29, 0.717) is 23.4 Å². The first kappa shape index (κ1) is 11.3. The third kappa shape index (κ3) is 2.01. The van der Waals surface area contributed by atoms with E-state index in [9.17, 15) is 9.90 Å². The number of phenols is 1. The zero-order valence-electron chi connectivity index (χ0n) is 9.11. The maximum Gasteiger partial charge on any atom is 0.251 e. The Balaban J connectivity index is 1.68. The second-order valence-corrected chi connectivity index (χ2v) is 5.81. The largest absolute Gasteiger partial charge is 0.507 e. The van der Waals surface area contributed by atoms with Crippen LogP contribution in [0.2, 0.25) is 0 Å². The smallest absolute Gasteiger partial charge is 0.251 e. The Labute approximate surface area is 113 Å². The molecular weight excluding hydrogens is 331 g/mol. The number of phenolic OH excluding ortho intramolecular Hbond substituents is 1. The zero-order chi connectivity index (χ0) is 12.0. The summed E-state index contributed by atoms with van der Waals surface area (Å²) in [6.07, 6.45) is 0. The van der Waals surface area contributed by atoms with Gasteiger partial charge in [-0.05, 0) is 52.6 Å². The van der Waals surface area contributed by atoms with Crippen molar-refractivity contribution in [2.24, 2.45) is 11.8 Å². The summed E-state index contributed by atoms with van der Waals surface area (Å²) >= 11 is 2.03. The van der Waals surface area contributed by atoms with Crippen LogP contribution in [0.15, 0.2) is 18.2 Å². The molecule has 2 fully saturated rings. The molecule has 1 heterocycles. The molecule has 0 spiro atoms. The minimum atomic E-state index is -0.0869. The molecule has 1 aromatic carbocycles. The number of hydrogen-bond acceptors (Lipinski definition) is 3. The van der Waals surface area contributed by atoms with Crippen molar-refractivity contribution in [2.45, 2.75) is 6.04 Å². The molecular formula is C12H13IN2O2. The number of aromatic hydroxyl groups is 1. The molecule has 0 radical (unpaired) electrons. The quantitative estimate of drug-likeness (QED) is 0.700. The van der Waals surface area contributed by atoms with E-state index in [1.807, 2.05) is 22.6 Å². The number of fused-ring (bicyclic) bond motifs is 1. The minimum absolute atomic E-state index is 0.0869. The van der Waals surface area contributed by atoms with Gasteiger partial charge in [0.05, 0.1) is 3.57 Å². The first-order valence-electron chi connectivity index (χ1n) is 5.67. The number of piperidine rings is 1. The van der Waals surface area contributed by atoms with Gasteiger partial charge in [0.2, 0.25) is 0 Å². The first-order valence-corrected chi connectivity index (χ1v) is 6.75. The normalized spacial score (nSPS) is 29.8. The van der Waals surface area contributed by atoms with Gasteiger partial charge < -0.3 is 15.7 Å². The van der Waals surface area contributed by atoms with Crippen molar-refractivity contribution in [3.8, 4) is 5.75 Å². The van der Waals surface area contributed by atoms with E-state index in [4.69, 9.17) is 0 Å². The summed E-state index contributed by atoms with van der Waals surface area (Å²) in [4.78, 5) is 11.9. The highest BCUT2D eigenvalue weighted by Gasteiger charge is 2.53. The summed E-state index contributed by atoms with van der Waals surface area (Å²) in [6, 6.07) is 5.34. The topological polar surface area (TPSA) is 61.4 Å². The van der Waals surface area contributed by atoms with Crippen LogP contribution in [0.3, 0.4) is 0 Å². The lowest BCUT2D eigenvalue weighted by atomic mass is 10.2. The van der Waals surface area contributed by atoms with Gasteiger partial charge in [-0.3, -0.25) is 4.79 Å². The van der Waals surface area contributed by atoms with Gasteiger partial charge >= 0.3 is 0 Å². The van der Waals surface area contributed by atoms with Crippen molar-refractivity contribution in [1.29, 1.82) is 0 Å². The van der Waals surface area contributed by atoms with Crippen molar-refractivity contribution in [2.75, 3.05) is 13.1 Å². The average molecular weight is 344 g/mol. The molecule has 2 atom stereocenters. The molecule has 90 valence electrons. The number of carbonyl (C=O) groups is 1. The number of hydrogen-bond donors (Lipinski definition) is 3. The molecule has 1 saturated heterocycles. The fourth-order valence-corrected chi connectivity index (χ4v) is 2.86. The highest BCUT2D eigenvalue weighted by Crippen LogP contribution is 2.41. The van der Waals surface area contributed by atoms with E-state index >= 15 is 0 Å². The van der Waals surface area contributed by atoms with Crippen LogP contribution in [0.25, 0.3) is 0 Å². The Hall–Kier alpha value is -0.820. The SMILES string of the molecule is O=C(NC1C2CNCC21)c1ccc(I)c(O)c1. The van der Waals surface area contributed by atoms with Crippen molar-refractivity contribution in [1.82, 2.24) is 10.6 Å². The van der Waals surface area contributed by atoms with Gasteiger partial charge in [0.15, 0.2) is 0 Å². The third-order valence-corrected chi connectivity index (χ3v) is 4.51. The summed E-state index contributed by atoms with van der Waals surface area (Å²) < 4.78 is 0.756. The molecule has 2 aliphatic rings. The molecule has 17 heavy (non-hydrogen) atoms. The van der Waals surface area contributed by atoms with Gasteiger partial charge in [-0.25, -0.2) is 0 Å². The summed E-state index contributed by atoms with van der Waals surface area (Å²) in [5.41, 5.74) is 0.529. The van der Waals surface area contributed by atoms with Crippen LogP contribution in [-0.4, -0.2) is 30.1 Å². The van der Waals surface area contributed by atoms with Gasteiger partial charge in [-0.2, -0.15) is 0 Å². The summed E-state index contributed by atoms with van der Waals surface area (Å²) in [5, 5.41) is 15.9. The second kappa shape index (κ2) is 4.13. The lowest BCUT2D eigenvalue weighted by Crippen LogP contribution is -2.32. The number of nitrogens with one attached hydrogen (secondary N) is 2. The van der Waals surface area contributed by atoms with Crippen LogP contribution in [0, 0.1) is 15.4 Å². The first-order chi connectivity index (χ1) is 8.16. The molecule has 2 unspecified atom stereocenters. The maximum absolute atomic E-state index is 11.9. The van der Waals surface area contributed by atoms with Crippen LogP contribution in [0.5, 0.6) is 5.75 Å². The Bertz CT molecular complexity index is 468. The van der Waals surface area contributed by atoms with E-state index in [0.717, 1.165) is 16.7 Å². The maximum atomic E-state index is 11.9. The van der Waals surface area contributed by atoms with E-state index in [1.165, 1.54) is 6.07 Å². The van der Waals surface area contributed by atoms with Gasteiger partial charge in [-0.15, -0.1) is 0 Å². The van der Waals surface area contributed by atoms with Crippen LogP contribution in [0.1, 0.15) is 10.4 Å². The molecule has 3 rings (SSSR count). The third-order valence-electron chi connectivity index (χ3n) is 3.60. The molecule has 1 saturated carbocycles. The fourth-order valence-electron chi connectivity index (χ4n) is 2.52. The summed E-state index contributed by atoms with van der Waals surface area (Å²) in [6.45, 7) is 2.01. The van der Waals surface area contributed by atoms with E-state index < -0.39 is 0 Å².